The zero-order valence-electron chi connectivity index (χ0n) is 10.8. The molecule has 0 saturated carbocycles. The SMILES string of the molecule is CC1(C)CN(C(=O)c2ccc[nH]c2=O)CCC1N. The van der Waals surface area contributed by atoms with Crippen molar-refractivity contribution in [1.29, 1.82) is 0 Å². The monoisotopic (exact) mass is 249 g/mol. The molecular weight excluding hydrogens is 230 g/mol. The molecule has 2 heterocycles. The average molecular weight is 249 g/mol. The van der Waals surface area contributed by atoms with Gasteiger partial charge in [-0.1, -0.05) is 13.8 Å². The highest BCUT2D eigenvalue weighted by Gasteiger charge is 2.35. The first-order chi connectivity index (χ1) is 8.42. The normalized spacial score (nSPS) is 22.8. The van der Waals surface area contributed by atoms with Gasteiger partial charge in [-0.3, -0.25) is 9.59 Å². The molecule has 1 fully saturated rings. The van der Waals surface area contributed by atoms with Gasteiger partial charge in [0.05, 0.1) is 0 Å². The lowest BCUT2D eigenvalue weighted by molar-refractivity contribution is 0.0531. The Morgan fingerprint density at radius 1 is 1.56 bits per heavy atom. The van der Waals surface area contributed by atoms with E-state index < -0.39 is 0 Å². The maximum Gasteiger partial charge on any atom is 0.260 e. The number of rotatable bonds is 1. The van der Waals surface area contributed by atoms with Gasteiger partial charge >= 0.3 is 0 Å². The van der Waals surface area contributed by atoms with Crippen LogP contribution in [0, 0.1) is 5.41 Å². The van der Waals surface area contributed by atoms with Crippen molar-refractivity contribution in [2.75, 3.05) is 13.1 Å². The summed E-state index contributed by atoms with van der Waals surface area (Å²) < 4.78 is 0. The maximum absolute atomic E-state index is 12.3. The summed E-state index contributed by atoms with van der Waals surface area (Å²) >= 11 is 0. The van der Waals surface area contributed by atoms with E-state index in [1.807, 2.05) is 13.8 Å². The van der Waals surface area contributed by atoms with Crippen LogP contribution in [0.5, 0.6) is 0 Å². The summed E-state index contributed by atoms with van der Waals surface area (Å²) in [5.41, 5.74) is 5.78. The van der Waals surface area contributed by atoms with Crippen LogP contribution < -0.4 is 11.3 Å². The summed E-state index contributed by atoms with van der Waals surface area (Å²) in [6.07, 6.45) is 2.29. The van der Waals surface area contributed by atoms with Crippen LogP contribution in [-0.2, 0) is 0 Å². The number of hydrogen-bond acceptors (Lipinski definition) is 3. The molecule has 1 aliphatic heterocycles. The number of likely N-dealkylation sites (tertiary alicyclic amines) is 1. The maximum atomic E-state index is 12.3. The number of nitrogens with one attached hydrogen (secondary N) is 1. The molecule has 1 saturated heterocycles. The molecule has 0 radical (unpaired) electrons. The Hall–Kier alpha value is -1.62. The fourth-order valence-electron chi connectivity index (χ4n) is 2.31. The average Bonchev–Trinajstić information content (AvgIpc) is 2.32. The number of piperidine rings is 1. The Kier molecular flexibility index (Phi) is 3.26. The predicted octanol–water partition coefficient (Wildman–Crippen LogP) is 0.574. The second-order valence-corrected chi connectivity index (χ2v) is 5.52. The highest BCUT2D eigenvalue weighted by Crippen LogP contribution is 2.28. The van der Waals surface area contributed by atoms with E-state index in [0.717, 1.165) is 6.42 Å². The van der Waals surface area contributed by atoms with Crippen molar-refractivity contribution >= 4 is 5.91 Å². The molecule has 0 bridgehead atoms. The number of nitrogens with two attached hydrogens (primary N) is 1. The van der Waals surface area contributed by atoms with E-state index in [-0.39, 0.29) is 28.5 Å². The van der Waals surface area contributed by atoms with Gasteiger partial charge in [-0.05, 0) is 24.0 Å². The highest BCUT2D eigenvalue weighted by atomic mass is 16.2. The molecule has 1 amide bonds. The second-order valence-electron chi connectivity index (χ2n) is 5.52. The summed E-state index contributed by atoms with van der Waals surface area (Å²) in [6, 6.07) is 3.31. The first-order valence-corrected chi connectivity index (χ1v) is 6.14. The van der Waals surface area contributed by atoms with Gasteiger partial charge in [-0.15, -0.1) is 0 Å². The number of hydrogen-bond donors (Lipinski definition) is 2. The Bertz CT molecular complexity index is 507. The molecule has 18 heavy (non-hydrogen) atoms. The van der Waals surface area contributed by atoms with Crippen LogP contribution >= 0.6 is 0 Å². The van der Waals surface area contributed by atoms with Crippen LogP contribution in [0.1, 0.15) is 30.6 Å². The van der Waals surface area contributed by atoms with E-state index in [9.17, 15) is 9.59 Å². The Balaban J connectivity index is 2.21. The molecule has 5 heteroatoms. The Morgan fingerprint density at radius 2 is 2.28 bits per heavy atom. The number of H-pyrrole nitrogens is 1. The van der Waals surface area contributed by atoms with Crippen molar-refractivity contribution in [3.8, 4) is 0 Å². The third-order valence-corrected chi connectivity index (χ3v) is 3.65. The van der Waals surface area contributed by atoms with Crippen LogP contribution in [0.3, 0.4) is 0 Å². The molecule has 2 rings (SSSR count). The van der Waals surface area contributed by atoms with E-state index in [1.165, 1.54) is 6.20 Å². The van der Waals surface area contributed by atoms with Crippen molar-refractivity contribution in [3.05, 3.63) is 34.2 Å². The van der Waals surface area contributed by atoms with Crippen molar-refractivity contribution in [2.45, 2.75) is 26.3 Å². The van der Waals surface area contributed by atoms with E-state index in [1.54, 1.807) is 17.0 Å². The summed E-state index contributed by atoms with van der Waals surface area (Å²) in [5.74, 6) is -0.211. The zero-order valence-corrected chi connectivity index (χ0v) is 10.8. The first-order valence-electron chi connectivity index (χ1n) is 6.14. The molecule has 1 unspecified atom stereocenters. The van der Waals surface area contributed by atoms with Gasteiger partial charge in [0.1, 0.15) is 5.56 Å². The summed E-state index contributed by atoms with van der Waals surface area (Å²) in [6.45, 7) is 5.29. The summed E-state index contributed by atoms with van der Waals surface area (Å²) in [7, 11) is 0. The van der Waals surface area contributed by atoms with Crippen molar-refractivity contribution < 1.29 is 4.79 Å². The number of carbonyl (C=O) groups excluding carboxylic acids is 1. The number of amides is 1. The lowest BCUT2D eigenvalue weighted by atomic mass is 9.79. The third kappa shape index (κ3) is 2.31. The van der Waals surface area contributed by atoms with Gasteiger partial charge in [0.2, 0.25) is 0 Å². The molecule has 3 N–H and O–H groups in total. The molecule has 1 aromatic heterocycles. The summed E-state index contributed by atoms with van der Waals surface area (Å²) in [5, 5.41) is 0. The van der Waals surface area contributed by atoms with Crippen molar-refractivity contribution in [3.63, 3.8) is 0 Å². The van der Waals surface area contributed by atoms with Gasteiger partial charge < -0.3 is 15.6 Å². The van der Waals surface area contributed by atoms with Crippen LogP contribution in [0.25, 0.3) is 0 Å². The van der Waals surface area contributed by atoms with Gasteiger partial charge in [-0.25, -0.2) is 0 Å². The van der Waals surface area contributed by atoms with E-state index in [0.29, 0.717) is 13.1 Å². The smallest absolute Gasteiger partial charge is 0.260 e. The molecule has 98 valence electrons. The van der Waals surface area contributed by atoms with Crippen molar-refractivity contribution in [1.82, 2.24) is 9.88 Å². The van der Waals surface area contributed by atoms with Gasteiger partial charge in [0.15, 0.2) is 0 Å². The van der Waals surface area contributed by atoms with Crippen molar-refractivity contribution in [2.24, 2.45) is 11.1 Å². The van der Waals surface area contributed by atoms with E-state index >= 15 is 0 Å². The zero-order chi connectivity index (χ0) is 13.3. The van der Waals surface area contributed by atoms with E-state index in [2.05, 4.69) is 4.98 Å². The number of carbonyl (C=O) groups is 1. The lowest BCUT2D eigenvalue weighted by Gasteiger charge is -2.42. The fraction of sp³-hybridized carbons (Fsp3) is 0.538. The second kappa shape index (κ2) is 4.57. The summed E-state index contributed by atoms with van der Waals surface area (Å²) in [4.78, 5) is 28.1. The van der Waals surface area contributed by atoms with Crippen LogP contribution in [0.15, 0.2) is 23.1 Å². The number of aromatic nitrogens is 1. The predicted molar refractivity (Wildman–Crippen MR) is 69.3 cm³/mol. The molecule has 5 nitrogen and oxygen atoms in total. The molecule has 0 aromatic carbocycles. The van der Waals surface area contributed by atoms with Gasteiger partial charge in [0.25, 0.3) is 11.5 Å². The number of aromatic amines is 1. The standard InChI is InChI=1S/C13H19N3O2/c1-13(2)8-16(7-5-10(13)14)12(18)9-4-3-6-15-11(9)17/h3-4,6,10H,5,7-8,14H2,1-2H3,(H,15,17). The molecule has 1 aromatic rings. The van der Waals surface area contributed by atoms with Gasteiger partial charge in [0, 0.05) is 25.3 Å². The minimum absolute atomic E-state index is 0.0932. The van der Waals surface area contributed by atoms with Gasteiger partial charge in [-0.2, -0.15) is 0 Å². The Morgan fingerprint density at radius 3 is 2.89 bits per heavy atom. The highest BCUT2D eigenvalue weighted by molar-refractivity contribution is 5.93. The van der Waals surface area contributed by atoms with Crippen LogP contribution in [0.4, 0.5) is 0 Å². The quantitative estimate of drug-likeness (QED) is 0.764. The van der Waals surface area contributed by atoms with E-state index in [4.69, 9.17) is 5.73 Å². The molecule has 1 atom stereocenters. The first kappa shape index (κ1) is 12.8. The Labute approximate surface area is 106 Å². The van der Waals surface area contributed by atoms with Crippen LogP contribution in [0.2, 0.25) is 0 Å². The van der Waals surface area contributed by atoms with Crippen LogP contribution in [-0.4, -0.2) is 34.9 Å². The minimum atomic E-state index is -0.338. The molecule has 0 aliphatic carbocycles. The molecular formula is C13H19N3O2. The largest absolute Gasteiger partial charge is 0.338 e. The minimum Gasteiger partial charge on any atom is -0.338 e. The fourth-order valence-corrected chi connectivity index (χ4v) is 2.31. The molecule has 0 spiro atoms. The molecule has 1 aliphatic rings. The third-order valence-electron chi connectivity index (χ3n) is 3.65. The topological polar surface area (TPSA) is 79.2 Å². The number of pyridine rings is 1. The lowest BCUT2D eigenvalue weighted by Crippen LogP contribution is -2.54. The number of nitrogens with zero attached hydrogens (tertiary/aromatic N) is 1.